The number of carbonyl (C=O) groups is 3. The molecule has 11 heteroatoms. The minimum Gasteiger partial charge on any atom is -0.321 e. The summed E-state index contributed by atoms with van der Waals surface area (Å²) in [5, 5.41) is 10.7. The van der Waals surface area contributed by atoms with E-state index in [9.17, 15) is 14.4 Å². The zero-order valence-corrected chi connectivity index (χ0v) is 29.3. The molecule has 0 bridgehead atoms. The zero-order chi connectivity index (χ0) is 32.5. The molecule has 5 rings (SSSR count). The summed E-state index contributed by atoms with van der Waals surface area (Å²) in [6.45, 7) is 1.95. The van der Waals surface area contributed by atoms with E-state index in [1.54, 1.807) is 36.4 Å². The van der Waals surface area contributed by atoms with Gasteiger partial charge in [-0.25, -0.2) is 4.98 Å². The van der Waals surface area contributed by atoms with E-state index in [1.165, 1.54) is 23.1 Å². The summed E-state index contributed by atoms with van der Waals surface area (Å²) in [6.07, 6.45) is 2.21. The Hall–Kier alpha value is -4.03. The summed E-state index contributed by atoms with van der Waals surface area (Å²) in [6, 6.07) is 31.2. The lowest BCUT2D eigenvalue weighted by molar-refractivity contribution is -0.116. The number of rotatable bonds is 11. The maximum atomic E-state index is 13.5. The lowest BCUT2D eigenvalue weighted by atomic mass is 10.1. The van der Waals surface area contributed by atoms with Gasteiger partial charge in [0.1, 0.15) is 5.70 Å². The van der Waals surface area contributed by atoms with Crippen LogP contribution in [-0.2, 0) is 9.59 Å². The maximum absolute atomic E-state index is 13.5. The first-order chi connectivity index (χ1) is 22.3. The van der Waals surface area contributed by atoms with Crippen molar-refractivity contribution in [3.05, 3.63) is 134 Å². The Morgan fingerprint density at radius 2 is 1.57 bits per heavy atom. The van der Waals surface area contributed by atoms with Crippen molar-refractivity contribution >= 4 is 89.6 Å². The summed E-state index contributed by atoms with van der Waals surface area (Å²) in [5.41, 5.74) is 3.56. The molecule has 3 N–H and O–H groups in total. The molecular formula is C35H28Br2N4O3S2. The average Bonchev–Trinajstić information content (AvgIpc) is 3.53. The smallest absolute Gasteiger partial charge is 0.272 e. The molecule has 1 aromatic heterocycles. The van der Waals surface area contributed by atoms with Gasteiger partial charge in [0.15, 0.2) is 5.13 Å². The van der Waals surface area contributed by atoms with E-state index >= 15 is 0 Å². The van der Waals surface area contributed by atoms with E-state index in [2.05, 4.69) is 52.8 Å². The number of benzene rings is 4. The maximum Gasteiger partial charge on any atom is 0.272 e. The van der Waals surface area contributed by atoms with Gasteiger partial charge in [-0.05, 0) is 72.7 Å². The second-order valence-electron chi connectivity index (χ2n) is 9.96. The van der Waals surface area contributed by atoms with Gasteiger partial charge in [-0.2, -0.15) is 0 Å². The molecule has 232 valence electrons. The van der Waals surface area contributed by atoms with Gasteiger partial charge in [0.25, 0.3) is 11.8 Å². The number of thioether (sulfide) groups is 1. The molecule has 0 fully saturated rings. The number of amides is 3. The number of nitrogens with zero attached hydrogens (tertiary/aromatic N) is 1. The van der Waals surface area contributed by atoms with Crippen LogP contribution in [0, 0.1) is 0 Å². The minimum atomic E-state index is -0.482. The highest BCUT2D eigenvalue weighted by molar-refractivity contribution is 9.10. The van der Waals surface area contributed by atoms with Crippen LogP contribution in [-0.4, -0.2) is 28.0 Å². The molecule has 0 radical (unpaired) electrons. The first-order valence-electron chi connectivity index (χ1n) is 14.2. The fourth-order valence-electron chi connectivity index (χ4n) is 4.27. The van der Waals surface area contributed by atoms with Crippen LogP contribution in [0.5, 0.6) is 0 Å². The minimum absolute atomic E-state index is 0.0889. The number of carbonyl (C=O) groups excluding carboxylic acids is 3. The number of hydrogen-bond donors (Lipinski definition) is 3. The molecular weight excluding hydrogens is 748 g/mol. The highest BCUT2D eigenvalue weighted by Crippen LogP contribution is 2.30. The molecule has 0 saturated heterocycles. The Kier molecular flexibility index (Phi) is 11.6. The number of anilines is 2. The van der Waals surface area contributed by atoms with Gasteiger partial charge in [0, 0.05) is 36.0 Å². The van der Waals surface area contributed by atoms with E-state index in [4.69, 9.17) is 0 Å². The molecule has 46 heavy (non-hydrogen) atoms. The van der Waals surface area contributed by atoms with Gasteiger partial charge in [0.2, 0.25) is 5.91 Å². The van der Waals surface area contributed by atoms with Gasteiger partial charge >= 0.3 is 0 Å². The topological polar surface area (TPSA) is 100 Å². The lowest BCUT2D eigenvalue weighted by Crippen LogP contribution is -2.30. The fourth-order valence-corrected chi connectivity index (χ4v) is 6.54. The number of thiazole rings is 1. The van der Waals surface area contributed by atoms with Gasteiger partial charge in [0.05, 0.1) is 10.9 Å². The molecule has 5 aromatic rings. The van der Waals surface area contributed by atoms with Crippen LogP contribution in [0.15, 0.2) is 128 Å². The van der Waals surface area contributed by atoms with Crippen molar-refractivity contribution in [1.82, 2.24) is 10.3 Å². The van der Waals surface area contributed by atoms with Crippen LogP contribution in [0.4, 0.5) is 10.8 Å². The predicted molar refractivity (Wildman–Crippen MR) is 195 cm³/mol. The van der Waals surface area contributed by atoms with E-state index in [0.717, 1.165) is 30.7 Å². The molecule has 0 aliphatic heterocycles. The van der Waals surface area contributed by atoms with Gasteiger partial charge < -0.3 is 16.0 Å². The first-order valence-corrected chi connectivity index (χ1v) is 17.6. The monoisotopic (exact) mass is 774 g/mol. The molecule has 4 aromatic carbocycles. The van der Waals surface area contributed by atoms with Crippen molar-refractivity contribution in [3.8, 4) is 11.3 Å². The molecule has 0 aliphatic carbocycles. The van der Waals surface area contributed by atoms with E-state index in [-0.39, 0.29) is 16.9 Å². The summed E-state index contributed by atoms with van der Waals surface area (Å²) in [5.74, 6) is -1.03. The molecule has 1 unspecified atom stereocenters. The Morgan fingerprint density at radius 3 is 2.26 bits per heavy atom. The summed E-state index contributed by atoms with van der Waals surface area (Å²) in [4.78, 5) is 45.1. The summed E-state index contributed by atoms with van der Waals surface area (Å²) in [7, 11) is 0. The third kappa shape index (κ3) is 9.26. The third-order valence-electron chi connectivity index (χ3n) is 6.62. The molecule has 3 amide bonds. The van der Waals surface area contributed by atoms with Gasteiger partial charge in [-0.3, -0.25) is 14.4 Å². The number of halogens is 2. The molecule has 0 saturated carbocycles. The largest absolute Gasteiger partial charge is 0.321 e. The first kappa shape index (κ1) is 33.3. The Balaban J connectivity index is 1.27. The van der Waals surface area contributed by atoms with Crippen LogP contribution in [0.25, 0.3) is 17.3 Å². The molecule has 1 heterocycles. The fraction of sp³-hybridized carbons (Fsp3) is 0.0857. The van der Waals surface area contributed by atoms with E-state index in [1.807, 2.05) is 85.1 Å². The van der Waals surface area contributed by atoms with Crippen molar-refractivity contribution in [2.24, 2.45) is 0 Å². The molecule has 0 aliphatic rings. The number of hydrogen-bond acceptors (Lipinski definition) is 6. The van der Waals surface area contributed by atoms with Crippen molar-refractivity contribution in [2.75, 3.05) is 10.6 Å². The predicted octanol–water partition coefficient (Wildman–Crippen LogP) is 9.25. The van der Waals surface area contributed by atoms with Crippen LogP contribution in [0.2, 0.25) is 0 Å². The third-order valence-corrected chi connectivity index (χ3v) is 9.79. The van der Waals surface area contributed by atoms with Crippen LogP contribution in [0.3, 0.4) is 0 Å². The van der Waals surface area contributed by atoms with Crippen molar-refractivity contribution in [3.63, 3.8) is 0 Å². The quantitative estimate of drug-likeness (QED) is 0.0918. The molecule has 0 spiro atoms. The van der Waals surface area contributed by atoms with Gasteiger partial charge in [-0.1, -0.05) is 87.3 Å². The van der Waals surface area contributed by atoms with Crippen molar-refractivity contribution in [2.45, 2.75) is 23.5 Å². The van der Waals surface area contributed by atoms with E-state index in [0.29, 0.717) is 22.8 Å². The molecule has 1 atom stereocenters. The number of nitrogens with one attached hydrogen (secondary N) is 3. The Labute approximate surface area is 292 Å². The Morgan fingerprint density at radius 1 is 0.870 bits per heavy atom. The zero-order valence-electron chi connectivity index (χ0n) is 24.5. The number of aromatic nitrogens is 1. The molecule has 7 nitrogen and oxygen atoms in total. The highest BCUT2D eigenvalue weighted by Gasteiger charge is 2.20. The Bertz CT molecular complexity index is 1860. The van der Waals surface area contributed by atoms with Gasteiger partial charge in [-0.15, -0.1) is 23.1 Å². The van der Waals surface area contributed by atoms with Crippen LogP contribution < -0.4 is 16.0 Å². The standard InChI is InChI=1S/C35H28Br2N4O3S2/c1-2-31(34(44)41-35-40-30(21-45-35)23-13-17-26(37)18-14-23)46-28-10-6-9-27(20-28)38-33(43)29(19-22-11-15-25(36)16-12-22)39-32(42)24-7-4-3-5-8-24/h3-21,31H,2H2,1H3,(H,38,43)(H,39,42)(H,40,41,44)/b29-19-. The van der Waals surface area contributed by atoms with Crippen LogP contribution >= 0.6 is 55.0 Å². The second kappa shape index (κ2) is 16.0. The summed E-state index contributed by atoms with van der Waals surface area (Å²) < 4.78 is 1.88. The van der Waals surface area contributed by atoms with Crippen LogP contribution in [0.1, 0.15) is 29.3 Å². The van der Waals surface area contributed by atoms with Crippen molar-refractivity contribution < 1.29 is 14.4 Å². The SMILES string of the molecule is CCC(Sc1cccc(NC(=O)/C(=C/c2ccc(Br)cc2)NC(=O)c2ccccc2)c1)C(=O)Nc1nc(-c2ccc(Br)cc2)cs1. The normalized spacial score (nSPS) is 11.8. The van der Waals surface area contributed by atoms with Crippen molar-refractivity contribution in [1.29, 1.82) is 0 Å². The second-order valence-corrected chi connectivity index (χ2v) is 13.9. The summed E-state index contributed by atoms with van der Waals surface area (Å²) >= 11 is 9.64. The van der Waals surface area contributed by atoms with E-state index < -0.39 is 11.8 Å². The highest BCUT2D eigenvalue weighted by atomic mass is 79.9. The average molecular weight is 777 g/mol. The lowest BCUT2D eigenvalue weighted by Gasteiger charge is -2.15.